The minimum Gasteiger partial charge on any atom is -0.478 e. The lowest BCUT2D eigenvalue weighted by Gasteiger charge is -2.38. The van der Waals surface area contributed by atoms with Crippen LogP contribution in [0.5, 0.6) is 0 Å². The number of allylic oxidation sites excluding steroid dienone is 3. The predicted molar refractivity (Wildman–Crippen MR) is 180 cm³/mol. The topological polar surface area (TPSA) is 55.8 Å². The second-order valence-corrected chi connectivity index (χ2v) is 19.9. The summed E-state index contributed by atoms with van der Waals surface area (Å²) in [5.74, 6) is -0.934. The van der Waals surface area contributed by atoms with E-state index in [0.717, 1.165) is 30.4 Å². The third-order valence-corrected chi connectivity index (χ3v) is 10.5. The number of aryl methyl sites for hydroxylation is 2. The molecule has 0 heterocycles. The van der Waals surface area contributed by atoms with Crippen molar-refractivity contribution in [1.82, 2.24) is 0 Å². The van der Waals surface area contributed by atoms with Gasteiger partial charge in [0.1, 0.15) is 0 Å². The van der Waals surface area contributed by atoms with Crippen LogP contribution in [-0.4, -0.2) is 30.6 Å². The van der Waals surface area contributed by atoms with E-state index in [1.165, 1.54) is 28.3 Å². The van der Waals surface area contributed by atoms with E-state index in [2.05, 4.69) is 119 Å². The van der Waals surface area contributed by atoms with Gasteiger partial charge in [0, 0.05) is 6.08 Å². The van der Waals surface area contributed by atoms with Crippen LogP contribution < -0.4 is 0 Å². The van der Waals surface area contributed by atoms with Crippen LogP contribution in [0.25, 0.3) is 5.57 Å². The summed E-state index contributed by atoms with van der Waals surface area (Å²) in [5, 5.41) is 9.35. The molecule has 41 heavy (non-hydrogen) atoms. The molecule has 1 N–H and O–H groups in total. The molecule has 6 heteroatoms. The smallest absolute Gasteiger partial charge is 0.328 e. The molecule has 226 valence electrons. The van der Waals surface area contributed by atoms with Crippen LogP contribution in [0.1, 0.15) is 110 Å². The van der Waals surface area contributed by atoms with Crippen molar-refractivity contribution in [2.75, 3.05) is 0 Å². The average Bonchev–Trinajstić information content (AvgIpc) is 2.87. The normalized spacial score (nSPS) is 14.3. The van der Waals surface area contributed by atoms with Crippen LogP contribution in [0.15, 0.2) is 60.7 Å². The first-order valence-electron chi connectivity index (χ1n) is 14.9. The maximum Gasteiger partial charge on any atom is 0.328 e. The number of hydrogen-bond donors (Lipinski definition) is 1. The molecule has 0 bridgehead atoms. The van der Waals surface area contributed by atoms with Gasteiger partial charge in [-0.2, -0.15) is 0 Å². The minimum absolute atomic E-state index is 0.209. The van der Waals surface area contributed by atoms with Crippen LogP contribution in [0.2, 0.25) is 10.1 Å². The van der Waals surface area contributed by atoms with Crippen molar-refractivity contribution in [2.45, 2.75) is 117 Å². The Bertz CT molecular complexity index is 1230. The highest BCUT2D eigenvalue weighted by atomic mass is 28.2. The van der Waals surface area contributed by atoms with Crippen LogP contribution in [0.3, 0.4) is 0 Å². The summed E-state index contributed by atoms with van der Waals surface area (Å²) < 4.78 is 13.4. The fourth-order valence-electron chi connectivity index (χ4n) is 4.60. The molecular weight excluding hydrogens is 541 g/mol. The van der Waals surface area contributed by atoms with E-state index in [1.807, 2.05) is 6.08 Å². The minimum atomic E-state index is -0.934. The Labute approximate surface area is 254 Å². The van der Waals surface area contributed by atoms with Gasteiger partial charge in [-0.1, -0.05) is 103 Å². The van der Waals surface area contributed by atoms with Crippen molar-refractivity contribution in [2.24, 2.45) is 0 Å². The highest BCUT2D eigenvalue weighted by Gasteiger charge is 2.33. The Morgan fingerprint density at radius 2 is 1.32 bits per heavy atom. The number of rotatable bonds is 13. The molecule has 0 aliphatic heterocycles. The molecule has 0 fully saturated rings. The zero-order chi connectivity index (χ0) is 31.1. The molecular formula is C35H54O4Si2. The summed E-state index contributed by atoms with van der Waals surface area (Å²) in [4.78, 5) is 10.9. The number of benzene rings is 2. The van der Waals surface area contributed by atoms with E-state index in [1.54, 1.807) is 6.08 Å². The molecule has 2 aromatic carbocycles. The second kappa shape index (κ2) is 14.3. The first-order chi connectivity index (χ1) is 18.8. The number of carboxylic acids is 1. The van der Waals surface area contributed by atoms with Crippen molar-refractivity contribution in [3.63, 3.8) is 0 Å². The predicted octanol–water partition coefficient (Wildman–Crippen LogP) is 8.01. The zero-order valence-corrected chi connectivity index (χ0v) is 30.3. The van der Waals surface area contributed by atoms with Crippen LogP contribution in [0.4, 0.5) is 0 Å². The molecule has 0 unspecified atom stereocenters. The van der Waals surface area contributed by atoms with Gasteiger partial charge in [-0.25, -0.2) is 4.79 Å². The van der Waals surface area contributed by atoms with E-state index in [4.69, 9.17) is 14.0 Å². The van der Waals surface area contributed by atoms with Gasteiger partial charge in [-0.3, -0.25) is 0 Å². The second-order valence-electron chi connectivity index (χ2n) is 14.5. The molecule has 0 aliphatic rings. The lowest BCUT2D eigenvalue weighted by Crippen LogP contribution is -2.34. The number of hydrogen-bond acceptors (Lipinski definition) is 3. The fraction of sp³-hybridized carbons (Fsp3) is 0.514. The molecule has 0 atom stereocenters. The molecule has 0 radical (unpaired) electrons. The summed E-state index contributed by atoms with van der Waals surface area (Å²) in [6.07, 6.45) is 7.36. The van der Waals surface area contributed by atoms with Crippen LogP contribution in [0, 0.1) is 0 Å². The van der Waals surface area contributed by atoms with Crippen molar-refractivity contribution in [3.05, 3.63) is 88.5 Å². The summed E-state index contributed by atoms with van der Waals surface area (Å²) in [6, 6.07) is 15.5. The molecule has 0 aliphatic carbocycles. The van der Waals surface area contributed by atoms with E-state index in [9.17, 15) is 4.79 Å². The molecule has 2 aromatic rings. The van der Waals surface area contributed by atoms with Crippen molar-refractivity contribution in [3.8, 4) is 0 Å². The van der Waals surface area contributed by atoms with Crippen LogP contribution in [-0.2, 0) is 37.7 Å². The molecule has 0 aromatic heterocycles. The van der Waals surface area contributed by atoms with Gasteiger partial charge >= 0.3 is 5.97 Å². The molecule has 0 saturated carbocycles. The number of carboxylic acid groups (broad SMARTS) is 1. The monoisotopic (exact) mass is 594 g/mol. The van der Waals surface area contributed by atoms with Gasteiger partial charge < -0.3 is 14.0 Å². The number of carbonyl (C=O) groups is 1. The van der Waals surface area contributed by atoms with Crippen molar-refractivity contribution in [1.29, 1.82) is 0 Å². The van der Waals surface area contributed by atoms with Crippen molar-refractivity contribution < 1.29 is 18.8 Å². The molecule has 0 amide bonds. The van der Waals surface area contributed by atoms with Gasteiger partial charge in [0.15, 0.2) is 19.5 Å². The van der Waals surface area contributed by atoms with Crippen LogP contribution >= 0.6 is 0 Å². The average molecular weight is 595 g/mol. The molecule has 4 nitrogen and oxygen atoms in total. The third kappa shape index (κ3) is 11.9. The van der Waals surface area contributed by atoms with E-state index in [-0.39, 0.29) is 15.7 Å². The van der Waals surface area contributed by atoms with Gasteiger partial charge in [0.25, 0.3) is 0 Å². The Hall–Kier alpha value is -2.26. The first kappa shape index (κ1) is 34.9. The van der Waals surface area contributed by atoms with Crippen molar-refractivity contribution >= 4 is 31.1 Å². The van der Waals surface area contributed by atoms with Gasteiger partial charge in [0.2, 0.25) is 0 Å². The summed E-state index contributed by atoms with van der Waals surface area (Å²) in [6.45, 7) is 24.5. The highest BCUT2D eigenvalue weighted by molar-refractivity contribution is 6.32. The molecule has 0 spiro atoms. The standard InChI is InChI=1S/C35H54O4Si2/c1-12-27(16-14-18-31(36)37)28-17-13-15-25(23-28)19-20-26-21-22-29(34(8,9)38-40-32(2,3)4)30(24-26)35(10,11)39-41-33(5,6)7/h13-18,21-24H,12,19-20,40-41H2,1-11H3,(H,36,37). The van der Waals surface area contributed by atoms with E-state index in [0.29, 0.717) is 0 Å². The SMILES string of the molecule is CCC(=CC=CC(=O)O)c1cccc(CCc2ccc(C(C)(C)O[SiH2]C(C)(C)C)c(C(C)(C)O[SiH2]C(C)(C)C)c2)c1. The van der Waals surface area contributed by atoms with E-state index >= 15 is 0 Å². The maximum absolute atomic E-state index is 10.9. The third-order valence-electron chi connectivity index (χ3n) is 7.03. The Balaban J connectivity index is 2.39. The quantitative estimate of drug-likeness (QED) is 0.145. The largest absolute Gasteiger partial charge is 0.478 e. The summed E-state index contributed by atoms with van der Waals surface area (Å²) in [5.41, 5.74) is 6.49. The van der Waals surface area contributed by atoms with Gasteiger partial charge in [-0.05, 0) is 90.4 Å². The number of aliphatic carboxylic acids is 1. The Kier molecular flexibility index (Phi) is 12.2. The van der Waals surface area contributed by atoms with Gasteiger partial charge in [-0.15, -0.1) is 0 Å². The van der Waals surface area contributed by atoms with E-state index < -0.39 is 31.1 Å². The molecule has 2 rings (SSSR count). The lowest BCUT2D eigenvalue weighted by molar-refractivity contribution is -0.131. The lowest BCUT2D eigenvalue weighted by atomic mass is 9.84. The summed E-state index contributed by atoms with van der Waals surface area (Å²) in [7, 11) is -1.50. The highest BCUT2D eigenvalue weighted by Crippen LogP contribution is 2.39. The summed E-state index contributed by atoms with van der Waals surface area (Å²) >= 11 is 0. The Morgan fingerprint density at radius 3 is 1.83 bits per heavy atom. The zero-order valence-electron chi connectivity index (χ0n) is 27.5. The first-order valence-corrected chi connectivity index (χ1v) is 17.5. The van der Waals surface area contributed by atoms with Gasteiger partial charge in [0.05, 0.1) is 11.2 Å². The molecule has 0 saturated heterocycles. The Morgan fingerprint density at radius 1 is 0.780 bits per heavy atom. The fourth-order valence-corrected chi connectivity index (χ4v) is 6.50. The maximum atomic E-state index is 10.9.